The van der Waals surface area contributed by atoms with Crippen LogP contribution in [0.25, 0.3) is 0 Å². The van der Waals surface area contributed by atoms with Crippen LogP contribution in [0.2, 0.25) is 0 Å². The van der Waals surface area contributed by atoms with Crippen LogP contribution in [-0.4, -0.2) is 28.6 Å². The van der Waals surface area contributed by atoms with Gasteiger partial charge in [-0.2, -0.15) is 0 Å². The van der Waals surface area contributed by atoms with Crippen molar-refractivity contribution in [3.8, 4) is 0 Å². The first-order chi connectivity index (χ1) is 7.04. The second-order valence-corrected chi connectivity index (χ2v) is 4.74. The number of aromatic nitrogens is 1. The first-order valence-electron chi connectivity index (χ1n) is 4.88. The summed E-state index contributed by atoms with van der Waals surface area (Å²) in [5.74, 6) is -0.124. The smallest absolute Gasteiger partial charge is 0.270 e. The van der Waals surface area contributed by atoms with E-state index in [0.29, 0.717) is 5.69 Å². The molecule has 0 aliphatic rings. The first-order valence-corrected chi connectivity index (χ1v) is 5.76. The summed E-state index contributed by atoms with van der Waals surface area (Å²) >= 11 is 1.45. The summed E-state index contributed by atoms with van der Waals surface area (Å²) in [5.41, 5.74) is 0.453. The Morgan fingerprint density at radius 3 is 2.80 bits per heavy atom. The fourth-order valence-corrected chi connectivity index (χ4v) is 1.64. The lowest BCUT2D eigenvalue weighted by atomic mass is 10.1. The Morgan fingerprint density at radius 2 is 2.33 bits per heavy atom. The highest BCUT2D eigenvalue weighted by atomic mass is 32.1. The van der Waals surface area contributed by atoms with Gasteiger partial charge < -0.3 is 10.4 Å². The molecule has 1 aromatic rings. The van der Waals surface area contributed by atoms with E-state index in [9.17, 15) is 4.79 Å². The summed E-state index contributed by atoms with van der Waals surface area (Å²) in [6.45, 7) is 5.69. The summed E-state index contributed by atoms with van der Waals surface area (Å²) in [4.78, 5) is 15.7. The maximum absolute atomic E-state index is 11.6. The molecule has 0 radical (unpaired) electrons. The lowest BCUT2D eigenvalue weighted by Crippen LogP contribution is -2.38. The highest BCUT2D eigenvalue weighted by Crippen LogP contribution is 2.09. The minimum atomic E-state index is -0.174. The first kappa shape index (κ1) is 12.1. The van der Waals surface area contributed by atoms with Gasteiger partial charge in [0.15, 0.2) is 0 Å². The SMILES string of the molecule is Cc1nc(C(=O)NC(C)C(C)CO)cs1. The summed E-state index contributed by atoms with van der Waals surface area (Å²) in [7, 11) is 0. The molecule has 0 aromatic carbocycles. The molecule has 0 fully saturated rings. The Labute approximate surface area is 93.4 Å². The Morgan fingerprint density at radius 1 is 1.67 bits per heavy atom. The maximum Gasteiger partial charge on any atom is 0.270 e. The molecule has 84 valence electrons. The van der Waals surface area contributed by atoms with Crippen LogP contribution in [0.4, 0.5) is 0 Å². The van der Waals surface area contributed by atoms with Gasteiger partial charge in [-0.3, -0.25) is 4.79 Å². The van der Waals surface area contributed by atoms with Crippen molar-refractivity contribution in [3.05, 3.63) is 16.1 Å². The molecule has 1 rings (SSSR count). The second kappa shape index (κ2) is 5.23. The van der Waals surface area contributed by atoms with E-state index in [1.807, 2.05) is 20.8 Å². The predicted molar refractivity (Wildman–Crippen MR) is 60.0 cm³/mol. The molecule has 5 heteroatoms. The molecule has 0 saturated carbocycles. The van der Waals surface area contributed by atoms with Gasteiger partial charge in [-0.05, 0) is 19.8 Å². The average Bonchev–Trinajstić information content (AvgIpc) is 2.63. The predicted octanol–water partition coefficient (Wildman–Crippen LogP) is 1.20. The van der Waals surface area contributed by atoms with Crippen molar-refractivity contribution < 1.29 is 9.90 Å². The zero-order valence-electron chi connectivity index (χ0n) is 9.15. The molecule has 0 aliphatic heterocycles. The van der Waals surface area contributed by atoms with E-state index in [1.54, 1.807) is 5.38 Å². The van der Waals surface area contributed by atoms with Gasteiger partial charge >= 0.3 is 0 Å². The van der Waals surface area contributed by atoms with Crippen LogP contribution in [0.1, 0.15) is 29.3 Å². The standard InChI is InChI=1S/C10H16N2O2S/c1-6(4-13)7(2)11-10(14)9-5-15-8(3)12-9/h5-7,13H,4H2,1-3H3,(H,11,14). The Kier molecular flexibility index (Phi) is 4.23. The molecule has 1 heterocycles. The van der Waals surface area contributed by atoms with Crippen molar-refractivity contribution in [1.82, 2.24) is 10.3 Å². The van der Waals surface area contributed by atoms with Crippen molar-refractivity contribution >= 4 is 17.2 Å². The number of carbonyl (C=O) groups excluding carboxylic acids is 1. The van der Waals surface area contributed by atoms with E-state index in [2.05, 4.69) is 10.3 Å². The van der Waals surface area contributed by atoms with Crippen LogP contribution in [0.5, 0.6) is 0 Å². The number of hydrogen-bond acceptors (Lipinski definition) is 4. The van der Waals surface area contributed by atoms with Gasteiger partial charge in [0.05, 0.1) is 5.01 Å². The molecule has 0 saturated heterocycles. The van der Waals surface area contributed by atoms with Gasteiger partial charge in [0.1, 0.15) is 5.69 Å². The lowest BCUT2D eigenvalue weighted by Gasteiger charge is -2.18. The van der Waals surface area contributed by atoms with Crippen molar-refractivity contribution in [2.24, 2.45) is 5.92 Å². The molecule has 2 unspecified atom stereocenters. The molecular weight excluding hydrogens is 212 g/mol. The Hall–Kier alpha value is -0.940. The third-order valence-corrected chi connectivity index (χ3v) is 3.13. The molecular formula is C10H16N2O2S. The van der Waals surface area contributed by atoms with Crippen molar-refractivity contribution in [1.29, 1.82) is 0 Å². The Balaban J connectivity index is 2.56. The molecule has 0 aliphatic carbocycles. The molecule has 0 bridgehead atoms. The van der Waals surface area contributed by atoms with Gasteiger partial charge in [-0.15, -0.1) is 11.3 Å². The van der Waals surface area contributed by atoms with E-state index >= 15 is 0 Å². The molecule has 0 spiro atoms. The number of aliphatic hydroxyl groups is 1. The molecule has 1 amide bonds. The van der Waals surface area contributed by atoms with Crippen LogP contribution in [0.15, 0.2) is 5.38 Å². The number of amides is 1. The highest BCUT2D eigenvalue weighted by molar-refractivity contribution is 7.09. The van der Waals surface area contributed by atoms with E-state index in [-0.39, 0.29) is 24.5 Å². The zero-order chi connectivity index (χ0) is 11.4. The second-order valence-electron chi connectivity index (χ2n) is 3.67. The number of rotatable bonds is 4. The summed E-state index contributed by atoms with van der Waals surface area (Å²) in [5, 5.41) is 14.3. The van der Waals surface area contributed by atoms with Crippen LogP contribution < -0.4 is 5.32 Å². The van der Waals surface area contributed by atoms with Gasteiger partial charge in [-0.25, -0.2) is 4.98 Å². The van der Waals surface area contributed by atoms with Crippen LogP contribution in [0.3, 0.4) is 0 Å². The van der Waals surface area contributed by atoms with Crippen molar-refractivity contribution in [2.75, 3.05) is 6.61 Å². The summed E-state index contributed by atoms with van der Waals surface area (Å²) in [6.07, 6.45) is 0. The number of nitrogens with one attached hydrogen (secondary N) is 1. The number of carbonyl (C=O) groups is 1. The number of nitrogens with zero attached hydrogens (tertiary/aromatic N) is 1. The molecule has 15 heavy (non-hydrogen) atoms. The number of aryl methyl sites for hydroxylation is 1. The van der Waals surface area contributed by atoms with Gasteiger partial charge in [0, 0.05) is 18.0 Å². The summed E-state index contributed by atoms with van der Waals surface area (Å²) in [6, 6.07) is -0.0514. The van der Waals surface area contributed by atoms with E-state index in [1.165, 1.54) is 11.3 Å². The van der Waals surface area contributed by atoms with E-state index < -0.39 is 0 Å². The Bertz CT molecular complexity index is 338. The van der Waals surface area contributed by atoms with Gasteiger partial charge in [-0.1, -0.05) is 6.92 Å². The topological polar surface area (TPSA) is 62.2 Å². The number of hydrogen-bond donors (Lipinski definition) is 2. The number of aliphatic hydroxyl groups excluding tert-OH is 1. The van der Waals surface area contributed by atoms with Crippen molar-refractivity contribution in [3.63, 3.8) is 0 Å². The fraction of sp³-hybridized carbons (Fsp3) is 0.600. The monoisotopic (exact) mass is 228 g/mol. The quantitative estimate of drug-likeness (QED) is 0.814. The molecule has 1 aromatic heterocycles. The van der Waals surface area contributed by atoms with E-state index in [0.717, 1.165) is 5.01 Å². The third kappa shape index (κ3) is 3.28. The normalized spacial score (nSPS) is 14.7. The maximum atomic E-state index is 11.6. The zero-order valence-corrected chi connectivity index (χ0v) is 9.97. The van der Waals surface area contributed by atoms with Crippen molar-refractivity contribution in [2.45, 2.75) is 26.8 Å². The highest BCUT2D eigenvalue weighted by Gasteiger charge is 2.16. The van der Waals surface area contributed by atoms with Gasteiger partial charge in [0.25, 0.3) is 5.91 Å². The largest absolute Gasteiger partial charge is 0.396 e. The lowest BCUT2D eigenvalue weighted by molar-refractivity contribution is 0.0912. The van der Waals surface area contributed by atoms with E-state index in [4.69, 9.17) is 5.11 Å². The number of thiazole rings is 1. The molecule has 2 N–H and O–H groups in total. The molecule has 4 nitrogen and oxygen atoms in total. The van der Waals surface area contributed by atoms with Crippen LogP contribution in [0, 0.1) is 12.8 Å². The minimum absolute atomic E-state index is 0.0497. The molecule has 2 atom stereocenters. The van der Waals surface area contributed by atoms with Gasteiger partial charge in [0.2, 0.25) is 0 Å². The van der Waals surface area contributed by atoms with Crippen LogP contribution in [-0.2, 0) is 0 Å². The average molecular weight is 228 g/mol. The third-order valence-electron chi connectivity index (χ3n) is 2.35. The summed E-state index contributed by atoms with van der Waals surface area (Å²) < 4.78 is 0. The fourth-order valence-electron chi connectivity index (χ4n) is 1.05. The van der Waals surface area contributed by atoms with Crippen LogP contribution >= 0.6 is 11.3 Å². The minimum Gasteiger partial charge on any atom is -0.396 e.